The molecule has 24 heavy (non-hydrogen) atoms. The van der Waals surface area contributed by atoms with Gasteiger partial charge in [-0.2, -0.15) is 0 Å². The van der Waals surface area contributed by atoms with E-state index in [4.69, 9.17) is 0 Å². The van der Waals surface area contributed by atoms with Crippen molar-refractivity contribution < 1.29 is 37.1 Å². The largest absolute Gasteiger partial charge is 0.341 e. The molecule has 0 amide bonds. The Labute approximate surface area is 179 Å². The first-order valence-electron chi connectivity index (χ1n) is 9.77. The molecule has 0 aliphatic carbocycles. The summed E-state index contributed by atoms with van der Waals surface area (Å²) in [4.78, 5) is 19.9. The number of thiol groups is 1. The summed E-state index contributed by atoms with van der Waals surface area (Å²) < 4.78 is 0. The molecule has 0 bridgehead atoms. The topological polar surface area (TPSA) is 40.5 Å². The van der Waals surface area contributed by atoms with Crippen molar-refractivity contribution in [2.75, 3.05) is 11.5 Å². The molecule has 144 valence electrons. The van der Waals surface area contributed by atoms with Gasteiger partial charge >= 0.3 is 0 Å². The Morgan fingerprint density at radius 1 is 0.625 bits per heavy atom. The summed E-state index contributed by atoms with van der Waals surface area (Å²) in [5, 5.41) is 0. The van der Waals surface area contributed by atoms with Crippen LogP contribution in [0, 0.1) is 0 Å². The standard InChI is InChI=1S/C18H41O2PS2.Cd/c1-3-5-7-9-11-13-15-17-23(21(19,20)22)18-16-14-12-10-8-6-4-2;/h19-20,22H,3-18H2,1-2H3;. The maximum atomic E-state index is 9.97. The number of unbranched alkanes of at least 4 members (excludes halogenated alkanes) is 12. The number of hydrogen-bond acceptors (Lipinski definition) is 0. The first-order valence-corrected chi connectivity index (χ1v) is 14.8. The molecule has 0 aromatic rings. The van der Waals surface area contributed by atoms with E-state index in [9.17, 15) is 9.79 Å². The van der Waals surface area contributed by atoms with Crippen molar-refractivity contribution in [3.05, 3.63) is 0 Å². The Morgan fingerprint density at radius 3 is 1.21 bits per heavy atom. The van der Waals surface area contributed by atoms with Crippen LogP contribution >= 0.6 is 17.9 Å². The van der Waals surface area contributed by atoms with Crippen LogP contribution in [0.25, 0.3) is 0 Å². The van der Waals surface area contributed by atoms with E-state index in [0.717, 1.165) is 24.3 Å². The first kappa shape index (κ1) is 28.2. The molecule has 0 rings (SSSR count). The third-order valence-corrected chi connectivity index (χ3v) is 11.8. The van der Waals surface area contributed by atoms with Gasteiger partial charge in [0.2, 0.25) is 0 Å². The van der Waals surface area contributed by atoms with E-state index in [1.165, 1.54) is 77.0 Å². The molecular weight excluding hydrogens is 456 g/mol. The number of rotatable bonds is 16. The molecule has 0 atom stereocenters. The molecule has 0 fully saturated rings. The molecule has 0 saturated heterocycles. The van der Waals surface area contributed by atoms with E-state index in [0.29, 0.717) is 0 Å². The van der Waals surface area contributed by atoms with E-state index >= 15 is 0 Å². The molecule has 2 nitrogen and oxygen atoms in total. The third-order valence-electron chi connectivity index (χ3n) is 4.31. The summed E-state index contributed by atoms with van der Waals surface area (Å²) in [5.41, 5.74) is -2.94. The Kier molecular flexibility index (Phi) is 23.2. The minimum Gasteiger partial charge on any atom is -0.341 e. The summed E-state index contributed by atoms with van der Waals surface area (Å²) >= 11 is 4.13. The normalized spacial score (nSPS) is 11.8. The fraction of sp³-hybridized carbons (Fsp3) is 1.00. The maximum absolute atomic E-state index is 9.97. The summed E-state index contributed by atoms with van der Waals surface area (Å²) in [5.74, 6) is 1.93. The zero-order valence-electron chi connectivity index (χ0n) is 16.2. The minimum absolute atomic E-state index is 0. The fourth-order valence-electron chi connectivity index (χ4n) is 2.80. The molecule has 0 radical (unpaired) electrons. The molecule has 0 aliphatic rings. The van der Waals surface area contributed by atoms with E-state index in [1.807, 2.05) is 0 Å². The van der Waals surface area contributed by atoms with Gasteiger partial charge in [0.25, 0.3) is 0 Å². The fourth-order valence-corrected chi connectivity index (χ4v) is 8.28. The van der Waals surface area contributed by atoms with Gasteiger partial charge in [-0.1, -0.05) is 103 Å². The van der Waals surface area contributed by atoms with Gasteiger partial charge in [-0.15, -0.1) is 10.1 Å². The quantitative estimate of drug-likeness (QED) is 0.0963. The number of hydrogen-bond donors (Lipinski definition) is 3. The van der Waals surface area contributed by atoms with Gasteiger partial charge in [-0.05, 0) is 24.3 Å². The van der Waals surface area contributed by atoms with E-state index in [1.54, 1.807) is 0 Å². The summed E-state index contributed by atoms with van der Waals surface area (Å²) in [6.45, 7) is 4.49. The molecule has 0 aliphatic heterocycles. The molecule has 2 N–H and O–H groups in total. The minimum atomic E-state index is -2.94. The van der Waals surface area contributed by atoms with Crippen molar-refractivity contribution in [1.82, 2.24) is 0 Å². The van der Waals surface area contributed by atoms with Gasteiger partial charge in [0.1, 0.15) is 0 Å². The Balaban J connectivity index is 0. The average molecular weight is 497 g/mol. The molecule has 6 heteroatoms. The molecular formula is C18H41CdO2PS2. The van der Waals surface area contributed by atoms with Crippen molar-refractivity contribution >= 4 is 28.0 Å². The monoisotopic (exact) mass is 498 g/mol. The third kappa shape index (κ3) is 18.8. The second-order valence-electron chi connectivity index (χ2n) is 6.63. The van der Waals surface area contributed by atoms with Crippen LogP contribution in [-0.4, -0.2) is 21.3 Å². The zero-order chi connectivity index (χ0) is 17.4. The van der Waals surface area contributed by atoms with E-state index in [-0.39, 0.29) is 37.4 Å². The SMILES string of the molecule is CCCCCCCCCS(CCCCCCCCC)=P(O)(O)S.[Cd]. The van der Waals surface area contributed by atoms with Crippen LogP contribution in [0.1, 0.15) is 104 Å². The zero-order valence-corrected chi connectivity index (χ0v) is 22.9. The van der Waals surface area contributed by atoms with E-state index < -0.39 is 5.69 Å². The molecule has 0 aromatic carbocycles. The predicted octanol–water partition coefficient (Wildman–Crippen LogP) is 6.70. The molecule has 0 saturated carbocycles. The van der Waals surface area contributed by atoms with E-state index in [2.05, 4.69) is 26.1 Å². The smallest absolute Gasteiger partial charge is 0.198 e. The van der Waals surface area contributed by atoms with Gasteiger partial charge in [0, 0.05) is 27.3 Å². The van der Waals surface area contributed by atoms with Gasteiger partial charge < -0.3 is 9.79 Å². The van der Waals surface area contributed by atoms with Gasteiger partial charge in [0.15, 0.2) is 5.69 Å². The van der Waals surface area contributed by atoms with Crippen LogP contribution in [0.3, 0.4) is 0 Å². The van der Waals surface area contributed by atoms with Crippen LogP contribution in [0.2, 0.25) is 0 Å². The average Bonchev–Trinajstić information content (AvgIpc) is 2.50. The van der Waals surface area contributed by atoms with Crippen molar-refractivity contribution in [3.8, 4) is 0 Å². The van der Waals surface area contributed by atoms with Crippen LogP contribution < -0.4 is 0 Å². The van der Waals surface area contributed by atoms with Gasteiger partial charge in [0.05, 0.1) is 0 Å². The van der Waals surface area contributed by atoms with Crippen molar-refractivity contribution in [3.63, 3.8) is 0 Å². The van der Waals surface area contributed by atoms with Crippen molar-refractivity contribution in [2.24, 2.45) is 0 Å². The van der Waals surface area contributed by atoms with Crippen LogP contribution in [0.15, 0.2) is 0 Å². The Morgan fingerprint density at radius 2 is 0.917 bits per heavy atom. The van der Waals surface area contributed by atoms with Crippen molar-refractivity contribution in [2.45, 2.75) is 104 Å². The van der Waals surface area contributed by atoms with Crippen LogP contribution in [-0.2, 0) is 37.4 Å². The second-order valence-corrected chi connectivity index (χ2v) is 15.0. The molecule has 0 unspecified atom stereocenters. The van der Waals surface area contributed by atoms with Crippen LogP contribution in [0.5, 0.6) is 0 Å². The summed E-state index contributed by atoms with van der Waals surface area (Å²) in [6.07, 6.45) is 18.0. The maximum Gasteiger partial charge on any atom is 0.198 e. The summed E-state index contributed by atoms with van der Waals surface area (Å²) in [7, 11) is -0.273. The van der Waals surface area contributed by atoms with Gasteiger partial charge in [-0.25, -0.2) is 0 Å². The predicted molar refractivity (Wildman–Crippen MR) is 113 cm³/mol. The van der Waals surface area contributed by atoms with Crippen molar-refractivity contribution in [1.29, 1.82) is 0 Å². The first-order chi connectivity index (χ1) is 11.0. The second kappa shape index (κ2) is 19.7. The Bertz CT molecular complexity index is 294. The summed E-state index contributed by atoms with van der Waals surface area (Å²) in [6, 6.07) is 0. The molecule has 0 spiro atoms. The van der Waals surface area contributed by atoms with Gasteiger partial charge in [-0.3, -0.25) is 0 Å². The van der Waals surface area contributed by atoms with Crippen LogP contribution in [0.4, 0.5) is 0 Å². The molecule has 0 heterocycles. The molecule has 0 aromatic heterocycles. The Hall–Kier alpha value is 1.97.